The highest BCUT2D eigenvalue weighted by Crippen LogP contribution is 2.12. The molecule has 1 unspecified atom stereocenters. The molecule has 0 aliphatic carbocycles. The smallest absolute Gasteiger partial charge is 0.308 e. The molecule has 1 aromatic heterocycles. The van der Waals surface area contributed by atoms with Crippen molar-refractivity contribution in [3.63, 3.8) is 0 Å². The fourth-order valence-corrected chi connectivity index (χ4v) is 2.12. The summed E-state index contributed by atoms with van der Waals surface area (Å²) >= 11 is 0. The van der Waals surface area contributed by atoms with Crippen LogP contribution in [0.4, 0.5) is 0 Å². The molecule has 0 aliphatic rings. The summed E-state index contributed by atoms with van der Waals surface area (Å²) in [6, 6.07) is 10.6. The highest BCUT2D eigenvalue weighted by atomic mass is 16.5. The van der Waals surface area contributed by atoms with Crippen LogP contribution in [-0.4, -0.2) is 28.4 Å². The first-order chi connectivity index (χ1) is 9.61. The Morgan fingerprint density at radius 2 is 2.05 bits per heavy atom. The van der Waals surface area contributed by atoms with E-state index in [1.54, 1.807) is 13.0 Å². The van der Waals surface area contributed by atoms with E-state index in [4.69, 9.17) is 4.74 Å². The molecule has 106 valence electrons. The topological polar surface area (TPSA) is 68.5 Å². The van der Waals surface area contributed by atoms with Gasteiger partial charge in [0.25, 0.3) is 5.56 Å². The van der Waals surface area contributed by atoms with Gasteiger partial charge in [-0.3, -0.25) is 9.59 Å². The minimum absolute atomic E-state index is 0.0685. The first-order valence-electron chi connectivity index (χ1n) is 6.54. The Bertz CT molecular complexity index is 662. The second-order valence-corrected chi connectivity index (χ2v) is 4.50. The molecule has 0 fully saturated rings. The fourth-order valence-electron chi connectivity index (χ4n) is 2.12. The number of hydrogen-bond donors (Lipinski definition) is 1. The third-order valence-corrected chi connectivity index (χ3v) is 3.00. The second kappa shape index (κ2) is 6.34. The first-order valence-corrected chi connectivity index (χ1v) is 6.54. The minimum Gasteiger partial charge on any atom is -0.466 e. The Morgan fingerprint density at radius 3 is 2.80 bits per heavy atom. The van der Waals surface area contributed by atoms with Crippen molar-refractivity contribution in [2.75, 3.05) is 6.61 Å². The molecule has 1 atom stereocenters. The molecule has 0 spiro atoms. The Hall–Kier alpha value is -2.14. The number of ether oxygens (including phenoxy) is 1. The number of benzene rings is 1. The average molecular weight is 275 g/mol. The molecule has 0 radical (unpaired) electrons. The Balaban J connectivity index is 2.23. The van der Waals surface area contributed by atoms with Crippen molar-refractivity contribution >= 4 is 16.9 Å². The van der Waals surface area contributed by atoms with Gasteiger partial charge in [-0.2, -0.15) is 0 Å². The summed E-state index contributed by atoms with van der Waals surface area (Å²) < 4.78 is 6.25. The van der Waals surface area contributed by atoms with Crippen LogP contribution in [0.1, 0.15) is 13.3 Å². The van der Waals surface area contributed by atoms with Gasteiger partial charge in [0.15, 0.2) is 0 Å². The minimum atomic E-state index is -0.947. The van der Waals surface area contributed by atoms with Crippen molar-refractivity contribution < 1.29 is 14.6 Å². The molecule has 5 heteroatoms. The van der Waals surface area contributed by atoms with Gasteiger partial charge in [0, 0.05) is 6.07 Å². The number of aliphatic hydroxyl groups excluding tert-OH is 1. The fraction of sp³-hybridized carbons (Fsp3) is 0.333. The van der Waals surface area contributed by atoms with Crippen molar-refractivity contribution in [1.82, 2.24) is 4.57 Å². The molecule has 0 bridgehead atoms. The Morgan fingerprint density at radius 1 is 1.30 bits per heavy atom. The molecular formula is C15H17NO4. The van der Waals surface area contributed by atoms with Crippen LogP contribution < -0.4 is 5.56 Å². The van der Waals surface area contributed by atoms with Crippen molar-refractivity contribution in [3.05, 3.63) is 46.8 Å². The van der Waals surface area contributed by atoms with E-state index >= 15 is 0 Å². The van der Waals surface area contributed by atoms with Gasteiger partial charge in [-0.25, -0.2) is 0 Å². The van der Waals surface area contributed by atoms with Gasteiger partial charge in [-0.05, 0) is 24.4 Å². The summed E-state index contributed by atoms with van der Waals surface area (Å²) in [5.74, 6) is -0.465. The van der Waals surface area contributed by atoms with Gasteiger partial charge in [0.1, 0.15) is 0 Å². The van der Waals surface area contributed by atoms with Crippen LogP contribution in [0.3, 0.4) is 0 Å². The standard InChI is InChI=1S/C15H17NO4/c1-2-20-15(19)9-12(17)10-16-13-6-4-3-5-11(13)7-8-14(16)18/h3-8,12,17H,2,9-10H2,1H3. The second-order valence-electron chi connectivity index (χ2n) is 4.50. The maximum absolute atomic E-state index is 11.9. The molecule has 0 saturated carbocycles. The number of pyridine rings is 1. The zero-order valence-corrected chi connectivity index (χ0v) is 11.3. The molecule has 0 amide bonds. The third kappa shape index (κ3) is 3.24. The lowest BCUT2D eigenvalue weighted by Crippen LogP contribution is -2.28. The van der Waals surface area contributed by atoms with Crippen molar-refractivity contribution in [2.45, 2.75) is 26.0 Å². The van der Waals surface area contributed by atoms with Crippen LogP contribution >= 0.6 is 0 Å². The molecule has 2 rings (SSSR count). The molecule has 0 saturated heterocycles. The number of rotatable bonds is 5. The summed E-state index contributed by atoms with van der Waals surface area (Å²) in [5, 5.41) is 10.8. The normalized spacial score (nSPS) is 12.3. The number of fused-ring (bicyclic) bond motifs is 1. The highest BCUT2D eigenvalue weighted by Gasteiger charge is 2.14. The molecule has 20 heavy (non-hydrogen) atoms. The molecule has 2 aromatic rings. The molecule has 1 heterocycles. The predicted molar refractivity (Wildman–Crippen MR) is 75.5 cm³/mol. The van der Waals surface area contributed by atoms with Crippen molar-refractivity contribution in [1.29, 1.82) is 0 Å². The van der Waals surface area contributed by atoms with Gasteiger partial charge in [-0.1, -0.05) is 18.2 Å². The van der Waals surface area contributed by atoms with E-state index in [1.807, 2.05) is 24.3 Å². The lowest BCUT2D eigenvalue weighted by atomic mass is 10.2. The maximum Gasteiger partial charge on any atom is 0.308 e. The van der Waals surface area contributed by atoms with Crippen LogP contribution in [-0.2, 0) is 16.1 Å². The summed E-state index contributed by atoms with van der Waals surface area (Å²) in [5.41, 5.74) is 0.537. The van der Waals surface area contributed by atoms with Gasteiger partial charge in [0.2, 0.25) is 0 Å². The van der Waals surface area contributed by atoms with Gasteiger partial charge < -0.3 is 14.4 Å². The van der Waals surface area contributed by atoms with Gasteiger partial charge >= 0.3 is 5.97 Å². The zero-order chi connectivity index (χ0) is 14.5. The SMILES string of the molecule is CCOC(=O)CC(O)Cn1c(=O)ccc2ccccc21. The number of carbonyl (C=O) groups excluding carboxylic acids is 1. The van der Waals surface area contributed by atoms with E-state index in [2.05, 4.69) is 0 Å². The Labute approximate surface area is 116 Å². The monoisotopic (exact) mass is 275 g/mol. The number of carbonyl (C=O) groups is 1. The first kappa shape index (κ1) is 14.3. The summed E-state index contributed by atoms with van der Waals surface area (Å²) in [4.78, 5) is 23.2. The lowest BCUT2D eigenvalue weighted by molar-refractivity contribution is -0.145. The van der Waals surface area contributed by atoms with E-state index in [0.29, 0.717) is 0 Å². The molecule has 0 aliphatic heterocycles. The van der Waals surface area contributed by atoms with E-state index in [1.165, 1.54) is 10.6 Å². The third-order valence-electron chi connectivity index (χ3n) is 3.00. The number of hydrogen-bond acceptors (Lipinski definition) is 4. The van der Waals surface area contributed by atoms with Crippen molar-refractivity contribution in [2.24, 2.45) is 0 Å². The Kier molecular flexibility index (Phi) is 4.53. The van der Waals surface area contributed by atoms with Crippen LogP contribution in [0.15, 0.2) is 41.2 Å². The molecular weight excluding hydrogens is 258 g/mol. The number of para-hydroxylation sites is 1. The van der Waals surface area contributed by atoms with Gasteiger partial charge in [0.05, 0.1) is 31.2 Å². The van der Waals surface area contributed by atoms with Crippen LogP contribution in [0, 0.1) is 0 Å². The van der Waals surface area contributed by atoms with E-state index < -0.39 is 12.1 Å². The van der Waals surface area contributed by atoms with Crippen molar-refractivity contribution in [3.8, 4) is 0 Å². The predicted octanol–water partition coefficient (Wildman–Crippen LogP) is 1.32. The summed E-state index contributed by atoms with van der Waals surface area (Å²) in [6.07, 6.45) is -1.07. The molecule has 1 aromatic carbocycles. The number of esters is 1. The van der Waals surface area contributed by atoms with E-state index in [-0.39, 0.29) is 25.1 Å². The number of nitrogens with zero attached hydrogens (tertiary/aromatic N) is 1. The zero-order valence-electron chi connectivity index (χ0n) is 11.3. The lowest BCUT2D eigenvalue weighted by Gasteiger charge is -2.14. The largest absolute Gasteiger partial charge is 0.466 e. The van der Waals surface area contributed by atoms with Crippen LogP contribution in [0.2, 0.25) is 0 Å². The quantitative estimate of drug-likeness (QED) is 0.835. The van der Waals surface area contributed by atoms with Gasteiger partial charge in [-0.15, -0.1) is 0 Å². The summed E-state index contributed by atoms with van der Waals surface area (Å²) in [7, 11) is 0. The van der Waals surface area contributed by atoms with E-state index in [0.717, 1.165) is 10.9 Å². The van der Waals surface area contributed by atoms with E-state index in [9.17, 15) is 14.7 Å². The van der Waals surface area contributed by atoms with Crippen LogP contribution in [0.5, 0.6) is 0 Å². The molecule has 5 nitrogen and oxygen atoms in total. The number of aliphatic hydroxyl groups is 1. The van der Waals surface area contributed by atoms with Crippen LogP contribution in [0.25, 0.3) is 10.9 Å². The maximum atomic E-state index is 11.9. The average Bonchev–Trinajstić information content (AvgIpc) is 2.42. The molecule has 1 N–H and O–H groups in total. The number of aromatic nitrogens is 1. The highest BCUT2D eigenvalue weighted by molar-refractivity contribution is 5.78. The summed E-state index contributed by atoms with van der Waals surface area (Å²) in [6.45, 7) is 2.05.